The molecular weight excluding hydrogens is 492 g/mol. The Balaban J connectivity index is 1.24. The van der Waals surface area contributed by atoms with Gasteiger partial charge in [0.1, 0.15) is 0 Å². The fourth-order valence-corrected chi connectivity index (χ4v) is 5.30. The minimum Gasteiger partial charge on any atom is -0.452 e. The second-order valence-electron chi connectivity index (χ2n) is 9.33. The van der Waals surface area contributed by atoms with Crippen molar-refractivity contribution in [2.75, 3.05) is 16.8 Å². The molecule has 7 nitrogen and oxygen atoms in total. The minimum atomic E-state index is -0.728. The number of ether oxygens (including phenoxy) is 1. The molecule has 3 aromatic rings. The van der Waals surface area contributed by atoms with Crippen molar-refractivity contribution in [2.45, 2.75) is 25.2 Å². The van der Waals surface area contributed by atoms with Crippen molar-refractivity contribution in [2.24, 2.45) is 11.8 Å². The Morgan fingerprint density at radius 1 is 0.892 bits per heavy atom. The third-order valence-corrected chi connectivity index (χ3v) is 7.25. The number of amides is 3. The number of esters is 1. The van der Waals surface area contributed by atoms with Gasteiger partial charge in [0.25, 0.3) is 5.91 Å². The average molecular weight is 517 g/mol. The molecule has 1 heterocycles. The quantitative estimate of drug-likeness (QED) is 0.358. The maximum absolute atomic E-state index is 13.3. The van der Waals surface area contributed by atoms with Crippen molar-refractivity contribution in [3.63, 3.8) is 0 Å². The van der Waals surface area contributed by atoms with E-state index in [1.807, 2.05) is 18.2 Å². The third-order valence-electron chi connectivity index (χ3n) is 7.00. The zero-order chi connectivity index (χ0) is 25.9. The maximum atomic E-state index is 13.3. The van der Waals surface area contributed by atoms with Gasteiger partial charge in [-0.2, -0.15) is 0 Å². The van der Waals surface area contributed by atoms with Gasteiger partial charge in [-0.1, -0.05) is 48.0 Å². The summed E-state index contributed by atoms with van der Waals surface area (Å²) in [7, 11) is 0. The van der Waals surface area contributed by atoms with E-state index in [-0.39, 0.29) is 35.1 Å². The van der Waals surface area contributed by atoms with Crippen LogP contribution in [0.3, 0.4) is 0 Å². The largest absolute Gasteiger partial charge is 0.452 e. The topological polar surface area (TPSA) is 92.8 Å². The summed E-state index contributed by atoms with van der Waals surface area (Å²) in [4.78, 5) is 52.5. The van der Waals surface area contributed by atoms with E-state index in [9.17, 15) is 19.2 Å². The van der Waals surface area contributed by atoms with Crippen molar-refractivity contribution in [3.8, 4) is 0 Å². The van der Waals surface area contributed by atoms with Crippen molar-refractivity contribution >= 4 is 46.7 Å². The zero-order valence-corrected chi connectivity index (χ0v) is 20.7. The summed E-state index contributed by atoms with van der Waals surface area (Å²) in [6, 6.07) is 22.8. The van der Waals surface area contributed by atoms with Gasteiger partial charge in [0, 0.05) is 10.7 Å². The maximum Gasteiger partial charge on any atom is 0.338 e. The molecule has 2 fully saturated rings. The number of imide groups is 1. The molecule has 1 aliphatic carbocycles. The van der Waals surface area contributed by atoms with Gasteiger partial charge in [-0.05, 0) is 73.2 Å². The lowest BCUT2D eigenvalue weighted by molar-refractivity contribution is -0.122. The summed E-state index contributed by atoms with van der Waals surface area (Å²) in [5, 5.41) is 3.15. The zero-order valence-electron chi connectivity index (χ0n) is 19.9. The van der Waals surface area contributed by atoms with Gasteiger partial charge in [-0.25, -0.2) is 4.79 Å². The molecule has 3 amide bonds. The summed E-state index contributed by atoms with van der Waals surface area (Å²) in [5.41, 5.74) is 2.19. The Labute approximate surface area is 219 Å². The number of nitrogens with one attached hydrogen (secondary N) is 1. The summed E-state index contributed by atoms with van der Waals surface area (Å²) in [6.45, 7) is -0.488. The van der Waals surface area contributed by atoms with Crippen LogP contribution in [-0.2, 0) is 19.1 Å². The Hall–Kier alpha value is -3.97. The van der Waals surface area contributed by atoms with Crippen molar-refractivity contribution in [1.82, 2.24) is 0 Å². The summed E-state index contributed by atoms with van der Waals surface area (Å²) in [5.74, 6) is -2.18. The molecule has 0 aromatic heterocycles. The molecule has 3 atom stereocenters. The van der Waals surface area contributed by atoms with Crippen LogP contribution in [0.4, 0.5) is 11.4 Å². The van der Waals surface area contributed by atoms with Crippen molar-refractivity contribution in [3.05, 3.63) is 95.0 Å². The SMILES string of the molecule is O=C(COC(=O)c1cccc(N2C(=O)[C@H]3C[C@H](c4ccccc4)CC[C@H]3C2=O)c1)Nc1ccc(Cl)cc1. The van der Waals surface area contributed by atoms with E-state index in [0.717, 1.165) is 6.42 Å². The van der Waals surface area contributed by atoms with E-state index < -0.39 is 18.5 Å². The lowest BCUT2D eigenvalue weighted by atomic mass is 9.73. The van der Waals surface area contributed by atoms with Crippen LogP contribution in [0.15, 0.2) is 78.9 Å². The van der Waals surface area contributed by atoms with Crippen LogP contribution >= 0.6 is 11.6 Å². The fraction of sp³-hybridized carbons (Fsp3) is 0.241. The van der Waals surface area contributed by atoms with Crippen molar-refractivity contribution < 1.29 is 23.9 Å². The molecule has 188 valence electrons. The Bertz CT molecular complexity index is 1340. The highest BCUT2D eigenvalue weighted by molar-refractivity contribution is 6.30. The number of fused-ring (bicyclic) bond motifs is 1. The molecule has 0 bridgehead atoms. The van der Waals surface area contributed by atoms with Gasteiger partial charge >= 0.3 is 5.97 Å². The molecule has 1 N–H and O–H groups in total. The Morgan fingerprint density at radius 3 is 2.38 bits per heavy atom. The normalized spacial score (nSPS) is 20.9. The molecule has 37 heavy (non-hydrogen) atoms. The molecule has 3 aromatic carbocycles. The van der Waals surface area contributed by atoms with E-state index in [1.165, 1.54) is 22.6 Å². The van der Waals surface area contributed by atoms with Gasteiger partial charge in [0.05, 0.1) is 23.1 Å². The molecule has 0 radical (unpaired) electrons. The highest BCUT2D eigenvalue weighted by Crippen LogP contribution is 2.45. The smallest absolute Gasteiger partial charge is 0.338 e. The molecule has 1 saturated carbocycles. The number of carbonyl (C=O) groups is 4. The summed E-state index contributed by atoms with van der Waals surface area (Å²) >= 11 is 5.84. The van der Waals surface area contributed by atoms with E-state index >= 15 is 0 Å². The van der Waals surface area contributed by atoms with Crippen LogP contribution in [-0.4, -0.2) is 30.3 Å². The van der Waals surface area contributed by atoms with Crippen LogP contribution in [0.5, 0.6) is 0 Å². The third kappa shape index (κ3) is 5.27. The van der Waals surface area contributed by atoms with E-state index in [4.69, 9.17) is 16.3 Å². The number of halogens is 1. The van der Waals surface area contributed by atoms with Gasteiger partial charge in [0.2, 0.25) is 11.8 Å². The highest BCUT2D eigenvalue weighted by Gasteiger charge is 2.50. The van der Waals surface area contributed by atoms with Crippen LogP contribution in [0.2, 0.25) is 5.02 Å². The van der Waals surface area contributed by atoms with Crippen LogP contribution < -0.4 is 10.2 Å². The second-order valence-corrected chi connectivity index (χ2v) is 9.76. The lowest BCUT2D eigenvalue weighted by Gasteiger charge is -2.28. The summed E-state index contributed by atoms with van der Waals surface area (Å²) < 4.78 is 5.15. The fourth-order valence-electron chi connectivity index (χ4n) is 5.18. The number of carbonyl (C=O) groups excluding carboxylic acids is 4. The van der Waals surface area contributed by atoms with Gasteiger partial charge in [-0.3, -0.25) is 19.3 Å². The number of rotatable bonds is 6. The molecule has 5 rings (SSSR count). The van der Waals surface area contributed by atoms with Gasteiger partial charge in [-0.15, -0.1) is 0 Å². The van der Waals surface area contributed by atoms with E-state index in [1.54, 1.807) is 36.4 Å². The molecular formula is C29H25ClN2O5. The molecule has 8 heteroatoms. The molecule has 2 aliphatic rings. The minimum absolute atomic E-state index is 0.148. The number of hydrogen-bond acceptors (Lipinski definition) is 5. The lowest BCUT2D eigenvalue weighted by Crippen LogP contribution is -2.31. The predicted octanol–water partition coefficient (Wildman–Crippen LogP) is 5.21. The first-order valence-corrected chi connectivity index (χ1v) is 12.5. The first-order valence-electron chi connectivity index (χ1n) is 12.2. The molecule has 1 saturated heterocycles. The average Bonchev–Trinajstić information content (AvgIpc) is 3.18. The Morgan fingerprint density at radius 2 is 1.62 bits per heavy atom. The van der Waals surface area contributed by atoms with Crippen LogP contribution in [0.1, 0.15) is 41.1 Å². The van der Waals surface area contributed by atoms with Gasteiger partial charge < -0.3 is 10.1 Å². The monoisotopic (exact) mass is 516 g/mol. The van der Waals surface area contributed by atoms with Gasteiger partial charge in [0.15, 0.2) is 6.61 Å². The number of nitrogens with zero attached hydrogens (tertiary/aromatic N) is 1. The number of anilines is 2. The van der Waals surface area contributed by atoms with Crippen LogP contribution in [0.25, 0.3) is 0 Å². The van der Waals surface area contributed by atoms with Crippen LogP contribution in [0, 0.1) is 11.8 Å². The number of benzene rings is 3. The summed E-state index contributed by atoms with van der Waals surface area (Å²) in [6.07, 6.45) is 2.12. The first kappa shape index (κ1) is 24.7. The van der Waals surface area contributed by atoms with E-state index in [0.29, 0.717) is 29.2 Å². The molecule has 1 aliphatic heterocycles. The van der Waals surface area contributed by atoms with E-state index in [2.05, 4.69) is 17.4 Å². The number of hydrogen-bond donors (Lipinski definition) is 1. The molecule has 0 unspecified atom stereocenters. The first-order chi connectivity index (χ1) is 17.9. The standard InChI is InChI=1S/C29H25ClN2O5/c30-21-10-12-22(13-11-21)31-26(33)17-37-29(36)20-7-4-8-23(15-20)32-27(34)24-14-9-19(16-25(24)28(32)35)18-5-2-1-3-6-18/h1-8,10-13,15,19,24-25H,9,14,16-17H2,(H,31,33)/t19-,24-,25+/m1/s1. The highest BCUT2D eigenvalue weighted by atomic mass is 35.5. The molecule has 0 spiro atoms. The second kappa shape index (κ2) is 10.6. The Kier molecular flexibility index (Phi) is 7.06. The van der Waals surface area contributed by atoms with Crippen molar-refractivity contribution in [1.29, 1.82) is 0 Å². The predicted molar refractivity (Wildman–Crippen MR) is 139 cm³/mol.